The van der Waals surface area contributed by atoms with Gasteiger partial charge in [0.1, 0.15) is 10.8 Å². The second kappa shape index (κ2) is 9.37. The van der Waals surface area contributed by atoms with Gasteiger partial charge in [-0.3, -0.25) is 4.79 Å². The van der Waals surface area contributed by atoms with E-state index >= 15 is 0 Å². The van der Waals surface area contributed by atoms with Gasteiger partial charge in [0, 0.05) is 10.6 Å². The Labute approximate surface area is 174 Å². The molecule has 1 saturated heterocycles. The van der Waals surface area contributed by atoms with Gasteiger partial charge >= 0.3 is 5.97 Å². The summed E-state index contributed by atoms with van der Waals surface area (Å²) in [7, 11) is 0. The average molecular weight is 421 g/mol. The number of nitrogens with one attached hydrogen (secondary N) is 2. The molecule has 1 aromatic carbocycles. The molecule has 6 nitrogen and oxygen atoms in total. The van der Waals surface area contributed by atoms with E-state index in [9.17, 15) is 14.0 Å². The van der Waals surface area contributed by atoms with E-state index in [0.29, 0.717) is 23.7 Å². The monoisotopic (exact) mass is 420 g/mol. The van der Waals surface area contributed by atoms with Gasteiger partial charge in [-0.1, -0.05) is 0 Å². The van der Waals surface area contributed by atoms with Gasteiger partial charge in [0.2, 0.25) is 0 Å². The van der Waals surface area contributed by atoms with E-state index in [1.54, 1.807) is 19.1 Å². The van der Waals surface area contributed by atoms with Gasteiger partial charge in [-0.15, -0.1) is 11.3 Å². The van der Waals surface area contributed by atoms with Crippen LogP contribution in [-0.4, -0.2) is 51.2 Å². The first-order valence-electron chi connectivity index (χ1n) is 9.80. The van der Waals surface area contributed by atoms with Crippen molar-refractivity contribution in [3.05, 3.63) is 46.1 Å². The number of ether oxygens (including phenoxy) is 1. The Morgan fingerprint density at radius 1 is 1.21 bits per heavy atom. The molecular weight excluding hydrogens is 393 g/mol. The van der Waals surface area contributed by atoms with Gasteiger partial charge in [-0.25, -0.2) is 9.18 Å². The number of carbonyl (C=O) groups is 2. The smallest absolute Gasteiger partial charge is 0.341 e. The molecule has 0 atom stereocenters. The maximum atomic E-state index is 13.1. The van der Waals surface area contributed by atoms with Crippen molar-refractivity contribution < 1.29 is 23.6 Å². The zero-order valence-electron chi connectivity index (χ0n) is 17.0. The zero-order valence-corrected chi connectivity index (χ0v) is 17.8. The van der Waals surface area contributed by atoms with Crippen LogP contribution < -0.4 is 15.1 Å². The van der Waals surface area contributed by atoms with Gasteiger partial charge in [0.05, 0.1) is 38.3 Å². The Morgan fingerprint density at radius 2 is 1.86 bits per heavy atom. The summed E-state index contributed by atoms with van der Waals surface area (Å²) in [5, 5.41) is 3.47. The molecule has 0 bridgehead atoms. The molecule has 1 amide bonds. The lowest BCUT2D eigenvalue weighted by atomic mass is 10.1. The summed E-state index contributed by atoms with van der Waals surface area (Å²) in [6.07, 6.45) is 0. The van der Waals surface area contributed by atoms with Crippen molar-refractivity contribution in [3.63, 3.8) is 0 Å². The third kappa shape index (κ3) is 5.13. The number of amides is 1. The number of aryl methyl sites for hydroxylation is 1. The molecule has 1 aromatic heterocycles. The highest BCUT2D eigenvalue weighted by molar-refractivity contribution is 7.16. The van der Waals surface area contributed by atoms with Gasteiger partial charge < -0.3 is 19.9 Å². The standard InChI is InChI=1S/C21H26FN3O3S/c1-4-28-21(27)19-14(2)15(3)29-20(19)23-18(26)13-24-9-11-25(12-10-24)17-7-5-16(22)6-8-17/h5-8H,4,9-13H2,1-3H3,(H,23,26)/p+1. The molecule has 2 N–H and O–H groups in total. The average Bonchev–Trinajstić information content (AvgIpc) is 2.96. The van der Waals surface area contributed by atoms with Crippen LogP contribution in [0.4, 0.5) is 15.1 Å². The number of esters is 1. The minimum atomic E-state index is -0.398. The summed E-state index contributed by atoms with van der Waals surface area (Å²) in [4.78, 5) is 29.2. The highest BCUT2D eigenvalue weighted by Gasteiger charge is 2.25. The first kappa shape index (κ1) is 21.3. The van der Waals surface area contributed by atoms with Crippen molar-refractivity contribution in [1.29, 1.82) is 0 Å². The number of hydrogen-bond acceptors (Lipinski definition) is 5. The van der Waals surface area contributed by atoms with E-state index in [0.717, 1.165) is 42.3 Å². The Balaban J connectivity index is 1.56. The first-order chi connectivity index (χ1) is 13.9. The number of nitrogens with zero attached hydrogens (tertiary/aromatic N) is 1. The summed E-state index contributed by atoms with van der Waals surface area (Å²) in [6.45, 7) is 9.44. The molecule has 156 valence electrons. The Kier molecular flexibility index (Phi) is 6.87. The molecular formula is C21H27FN3O3S+. The van der Waals surface area contributed by atoms with Crippen LogP contribution in [0.2, 0.25) is 0 Å². The molecule has 0 unspecified atom stereocenters. The molecule has 2 aromatic rings. The minimum absolute atomic E-state index is 0.109. The van der Waals surface area contributed by atoms with Crippen molar-refractivity contribution in [3.8, 4) is 0 Å². The molecule has 1 aliphatic heterocycles. The van der Waals surface area contributed by atoms with Crippen molar-refractivity contribution in [1.82, 2.24) is 0 Å². The fraction of sp³-hybridized carbons (Fsp3) is 0.429. The summed E-state index contributed by atoms with van der Waals surface area (Å²) in [6, 6.07) is 6.50. The predicted molar refractivity (Wildman–Crippen MR) is 113 cm³/mol. The molecule has 0 spiro atoms. The van der Waals surface area contributed by atoms with E-state index in [4.69, 9.17) is 4.74 Å². The van der Waals surface area contributed by atoms with Crippen LogP contribution in [0.1, 0.15) is 27.7 Å². The molecule has 0 radical (unpaired) electrons. The van der Waals surface area contributed by atoms with Crippen LogP contribution >= 0.6 is 11.3 Å². The molecule has 2 heterocycles. The highest BCUT2D eigenvalue weighted by Crippen LogP contribution is 2.32. The van der Waals surface area contributed by atoms with Crippen LogP contribution in [0.25, 0.3) is 0 Å². The van der Waals surface area contributed by atoms with Gasteiger partial charge in [0.25, 0.3) is 5.91 Å². The largest absolute Gasteiger partial charge is 0.462 e. The lowest BCUT2D eigenvalue weighted by Gasteiger charge is -2.33. The molecule has 3 rings (SSSR count). The van der Waals surface area contributed by atoms with Gasteiger partial charge in [-0.2, -0.15) is 0 Å². The number of benzene rings is 1. The SMILES string of the molecule is CCOC(=O)c1c(NC(=O)C[NH+]2CCN(c3ccc(F)cc3)CC2)sc(C)c1C. The highest BCUT2D eigenvalue weighted by atomic mass is 32.1. The van der Waals surface area contributed by atoms with E-state index < -0.39 is 5.97 Å². The van der Waals surface area contributed by atoms with Crippen molar-refractivity contribution >= 4 is 33.9 Å². The number of rotatable bonds is 6. The lowest BCUT2D eigenvalue weighted by molar-refractivity contribution is -0.892. The summed E-state index contributed by atoms with van der Waals surface area (Å²) < 4.78 is 18.2. The minimum Gasteiger partial charge on any atom is -0.462 e. The summed E-state index contributed by atoms with van der Waals surface area (Å²) in [5.41, 5.74) is 2.31. The molecule has 0 saturated carbocycles. The molecule has 0 aliphatic carbocycles. The number of anilines is 2. The van der Waals surface area contributed by atoms with Crippen molar-refractivity contribution in [2.24, 2.45) is 0 Å². The fourth-order valence-electron chi connectivity index (χ4n) is 3.47. The Morgan fingerprint density at radius 3 is 2.48 bits per heavy atom. The number of hydrogen-bond donors (Lipinski definition) is 2. The summed E-state index contributed by atoms with van der Waals surface area (Å²) >= 11 is 1.40. The Hall–Kier alpha value is -2.45. The molecule has 1 aliphatic rings. The first-order valence-corrected chi connectivity index (χ1v) is 10.6. The van der Waals surface area contributed by atoms with E-state index in [-0.39, 0.29) is 11.7 Å². The van der Waals surface area contributed by atoms with Crippen LogP contribution in [0.5, 0.6) is 0 Å². The molecule has 8 heteroatoms. The van der Waals surface area contributed by atoms with Crippen LogP contribution in [0, 0.1) is 19.7 Å². The molecule has 1 fully saturated rings. The maximum Gasteiger partial charge on any atom is 0.341 e. The number of carbonyl (C=O) groups excluding carboxylic acids is 2. The van der Waals surface area contributed by atoms with E-state index in [1.807, 2.05) is 13.8 Å². The zero-order chi connectivity index (χ0) is 21.0. The van der Waals surface area contributed by atoms with Crippen LogP contribution in [0.15, 0.2) is 24.3 Å². The van der Waals surface area contributed by atoms with Crippen molar-refractivity contribution in [2.75, 3.05) is 49.5 Å². The lowest BCUT2D eigenvalue weighted by Crippen LogP contribution is -3.15. The molecule has 29 heavy (non-hydrogen) atoms. The van der Waals surface area contributed by atoms with Gasteiger partial charge in [0.15, 0.2) is 6.54 Å². The normalized spacial score (nSPS) is 14.7. The number of quaternary nitrogens is 1. The third-order valence-corrected chi connectivity index (χ3v) is 6.31. The number of halogens is 1. The van der Waals surface area contributed by atoms with E-state index in [2.05, 4.69) is 10.2 Å². The van der Waals surface area contributed by atoms with Crippen molar-refractivity contribution in [2.45, 2.75) is 20.8 Å². The topological polar surface area (TPSA) is 63.1 Å². The predicted octanol–water partition coefficient (Wildman–Crippen LogP) is 2.02. The van der Waals surface area contributed by atoms with Crippen LogP contribution in [0.3, 0.4) is 0 Å². The second-order valence-corrected chi connectivity index (χ2v) is 8.37. The fourth-order valence-corrected chi connectivity index (χ4v) is 4.54. The quantitative estimate of drug-likeness (QED) is 0.702. The number of piperazine rings is 1. The third-order valence-electron chi connectivity index (χ3n) is 5.19. The second-order valence-electron chi connectivity index (χ2n) is 7.15. The maximum absolute atomic E-state index is 13.1. The Bertz CT molecular complexity index is 874. The summed E-state index contributed by atoms with van der Waals surface area (Å²) in [5.74, 6) is -0.747. The number of thiophene rings is 1. The van der Waals surface area contributed by atoms with Gasteiger partial charge in [-0.05, 0) is 50.6 Å². The van der Waals surface area contributed by atoms with E-state index in [1.165, 1.54) is 28.4 Å². The van der Waals surface area contributed by atoms with Crippen LogP contribution in [-0.2, 0) is 9.53 Å².